The average Bonchev–Trinajstić information content (AvgIpc) is 2.25. The van der Waals surface area contributed by atoms with Crippen LogP contribution in [0.25, 0.3) is 0 Å². The van der Waals surface area contributed by atoms with Crippen molar-refractivity contribution in [1.29, 1.82) is 0 Å². The molecule has 1 N–H and O–H groups in total. The second-order valence-electron chi connectivity index (χ2n) is 3.76. The summed E-state index contributed by atoms with van der Waals surface area (Å²) < 4.78 is 0. The Balaban J connectivity index is 2.20. The van der Waals surface area contributed by atoms with Crippen LogP contribution in [0.1, 0.15) is 6.42 Å². The summed E-state index contributed by atoms with van der Waals surface area (Å²) in [6.07, 6.45) is 0.944. The SMILES string of the molecule is CN(CCCSc1ccccc1Cl)CC(=O)O. The molecule has 0 saturated heterocycles. The van der Waals surface area contributed by atoms with Crippen molar-refractivity contribution in [2.45, 2.75) is 11.3 Å². The van der Waals surface area contributed by atoms with E-state index in [1.165, 1.54) is 0 Å². The van der Waals surface area contributed by atoms with Crippen molar-refractivity contribution in [3.63, 3.8) is 0 Å². The summed E-state index contributed by atoms with van der Waals surface area (Å²) in [6, 6.07) is 7.74. The van der Waals surface area contributed by atoms with Crippen LogP contribution in [0.15, 0.2) is 29.2 Å². The van der Waals surface area contributed by atoms with Gasteiger partial charge in [0.15, 0.2) is 0 Å². The van der Waals surface area contributed by atoms with Gasteiger partial charge in [-0.3, -0.25) is 9.69 Å². The van der Waals surface area contributed by atoms with Crippen molar-refractivity contribution in [2.75, 3.05) is 25.9 Å². The van der Waals surface area contributed by atoms with Gasteiger partial charge in [-0.1, -0.05) is 23.7 Å². The first kappa shape index (κ1) is 14.4. The van der Waals surface area contributed by atoms with Crippen molar-refractivity contribution < 1.29 is 9.90 Å². The molecule has 0 aromatic heterocycles. The number of likely N-dealkylation sites (N-methyl/N-ethyl adjacent to an activating group) is 1. The first-order valence-corrected chi connectivity index (χ1v) is 6.73. The lowest BCUT2D eigenvalue weighted by Crippen LogP contribution is -2.26. The maximum Gasteiger partial charge on any atom is 0.317 e. The number of benzene rings is 1. The molecule has 0 saturated carbocycles. The highest BCUT2D eigenvalue weighted by atomic mass is 35.5. The van der Waals surface area contributed by atoms with E-state index in [0.717, 1.165) is 28.6 Å². The molecule has 5 heteroatoms. The predicted molar refractivity (Wildman–Crippen MR) is 71.9 cm³/mol. The molecule has 0 aliphatic carbocycles. The number of carboxylic acid groups (broad SMARTS) is 1. The van der Waals surface area contributed by atoms with E-state index in [-0.39, 0.29) is 6.54 Å². The largest absolute Gasteiger partial charge is 0.480 e. The highest BCUT2D eigenvalue weighted by Gasteiger charge is 2.04. The third-order valence-electron chi connectivity index (χ3n) is 2.18. The summed E-state index contributed by atoms with van der Waals surface area (Å²) in [6.45, 7) is 0.876. The molecule has 0 aliphatic heterocycles. The van der Waals surface area contributed by atoms with Gasteiger partial charge in [-0.15, -0.1) is 11.8 Å². The normalized spacial score (nSPS) is 10.8. The number of carboxylic acids is 1. The minimum atomic E-state index is -0.786. The van der Waals surface area contributed by atoms with Crippen molar-refractivity contribution >= 4 is 29.3 Å². The maximum absolute atomic E-state index is 10.4. The number of nitrogens with zero attached hydrogens (tertiary/aromatic N) is 1. The molecule has 0 atom stereocenters. The molecular weight excluding hydrogens is 258 g/mol. The number of carbonyl (C=O) groups is 1. The third kappa shape index (κ3) is 5.96. The van der Waals surface area contributed by atoms with Gasteiger partial charge in [0, 0.05) is 4.90 Å². The summed E-state index contributed by atoms with van der Waals surface area (Å²) in [7, 11) is 1.81. The zero-order valence-electron chi connectivity index (χ0n) is 9.73. The van der Waals surface area contributed by atoms with Gasteiger partial charge in [-0.05, 0) is 37.9 Å². The molecule has 1 aromatic carbocycles. The lowest BCUT2D eigenvalue weighted by molar-refractivity contribution is -0.137. The Hall–Kier alpha value is -0.710. The van der Waals surface area contributed by atoms with Gasteiger partial charge in [0.2, 0.25) is 0 Å². The Labute approximate surface area is 111 Å². The topological polar surface area (TPSA) is 40.5 Å². The number of hydrogen-bond acceptors (Lipinski definition) is 3. The zero-order chi connectivity index (χ0) is 12.7. The van der Waals surface area contributed by atoms with Crippen LogP contribution in [0.4, 0.5) is 0 Å². The summed E-state index contributed by atoms with van der Waals surface area (Å²) in [5.41, 5.74) is 0. The van der Waals surface area contributed by atoms with E-state index in [0.29, 0.717) is 0 Å². The van der Waals surface area contributed by atoms with Crippen LogP contribution in [0, 0.1) is 0 Å². The Bertz CT molecular complexity index is 373. The Morgan fingerprint density at radius 1 is 1.47 bits per heavy atom. The van der Waals surface area contributed by atoms with Crippen molar-refractivity contribution in [3.05, 3.63) is 29.3 Å². The Kier molecular flexibility index (Phi) is 6.40. The van der Waals surface area contributed by atoms with Crippen LogP contribution in [0.5, 0.6) is 0 Å². The van der Waals surface area contributed by atoms with Gasteiger partial charge < -0.3 is 5.11 Å². The molecule has 0 unspecified atom stereocenters. The first-order chi connectivity index (χ1) is 8.09. The monoisotopic (exact) mass is 273 g/mol. The fourth-order valence-corrected chi connectivity index (χ4v) is 2.56. The Morgan fingerprint density at radius 3 is 2.82 bits per heavy atom. The molecule has 0 bridgehead atoms. The van der Waals surface area contributed by atoms with Crippen molar-refractivity contribution in [1.82, 2.24) is 4.90 Å². The van der Waals surface area contributed by atoms with Crippen LogP contribution < -0.4 is 0 Å². The number of halogens is 1. The summed E-state index contributed by atoms with van der Waals surface area (Å²) >= 11 is 7.73. The number of thioether (sulfide) groups is 1. The van der Waals surface area contributed by atoms with Crippen LogP contribution in [0.3, 0.4) is 0 Å². The van der Waals surface area contributed by atoms with E-state index in [9.17, 15) is 4.79 Å². The first-order valence-electron chi connectivity index (χ1n) is 5.37. The molecule has 0 heterocycles. The van der Waals surface area contributed by atoms with Crippen LogP contribution in [-0.4, -0.2) is 41.9 Å². The van der Waals surface area contributed by atoms with E-state index in [2.05, 4.69) is 0 Å². The predicted octanol–water partition coefficient (Wildman–Crippen LogP) is 2.84. The van der Waals surface area contributed by atoms with E-state index in [1.807, 2.05) is 31.3 Å². The fraction of sp³-hybridized carbons (Fsp3) is 0.417. The zero-order valence-corrected chi connectivity index (χ0v) is 11.3. The molecule has 17 heavy (non-hydrogen) atoms. The maximum atomic E-state index is 10.4. The average molecular weight is 274 g/mol. The summed E-state index contributed by atoms with van der Waals surface area (Å²) in [5.74, 6) is 0.152. The molecule has 0 fully saturated rings. The minimum absolute atomic E-state index is 0.0940. The second kappa shape index (κ2) is 7.58. The lowest BCUT2D eigenvalue weighted by atomic mass is 10.4. The standard InChI is InChI=1S/C12H16ClNO2S/c1-14(9-12(15)16)7-4-8-17-11-6-3-2-5-10(11)13/h2-3,5-6H,4,7-9H2,1H3,(H,15,16). The van der Waals surface area contributed by atoms with Gasteiger partial charge in [0.05, 0.1) is 11.6 Å². The van der Waals surface area contributed by atoms with Gasteiger partial charge in [0.25, 0.3) is 0 Å². The molecule has 0 radical (unpaired) electrons. The van der Waals surface area contributed by atoms with Crippen molar-refractivity contribution in [2.24, 2.45) is 0 Å². The lowest BCUT2D eigenvalue weighted by Gasteiger charge is -2.13. The molecule has 1 rings (SSSR count). The highest BCUT2D eigenvalue weighted by Crippen LogP contribution is 2.26. The van der Waals surface area contributed by atoms with Crippen LogP contribution in [-0.2, 0) is 4.79 Å². The molecule has 0 aliphatic rings. The van der Waals surface area contributed by atoms with Gasteiger partial charge in [0.1, 0.15) is 0 Å². The van der Waals surface area contributed by atoms with Gasteiger partial charge in [-0.25, -0.2) is 0 Å². The van der Waals surface area contributed by atoms with E-state index in [1.54, 1.807) is 16.7 Å². The van der Waals surface area contributed by atoms with E-state index in [4.69, 9.17) is 16.7 Å². The quantitative estimate of drug-likeness (QED) is 0.613. The molecule has 0 spiro atoms. The molecular formula is C12H16ClNO2S. The van der Waals surface area contributed by atoms with E-state index >= 15 is 0 Å². The minimum Gasteiger partial charge on any atom is -0.480 e. The molecule has 94 valence electrons. The van der Waals surface area contributed by atoms with Crippen LogP contribution >= 0.6 is 23.4 Å². The van der Waals surface area contributed by atoms with Gasteiger partial charge in [-0.2, -0.15) is 0 Å². The van der Waals surface area contributed by atoms with Crippen LogP contribution in [0.2, 0.25) is 5.02 Å². The summed E-state index contributed by atoms with van der Waals surface area (Å²) in [5, 5.41) is 9.36. The number of hydrogen-bond donors (Lipinski definition) is 1. The number of aliphatic carboxylic acids is 1. The molecule has 3 nitrogen and oxygen atoms in total. The second-order valence-corrected chi connectivity index (χ2v) is 5.31. The fourth-order valence-electron chi connectivity index (χ4n) is 1.39. The highest BCUT2D eigenvalue weighted by molar-refractivity contribution is 7.99. The third-order valence-corrected chi connectivity index (χ3v) is 3.79. The molecule has 0 amide bonds. The van der Waals surface area contributed by atoms with E-state index < -0.39 is 5.97 Å². The van der Waals surface area contributed by atoms with Crippen molar-refractivity contribution in [3.8, 4) is 0 Å². The Morgan fingerprint density at radius 2 is 2.18 bits per heavy atom. The molecule has 1 aromatic rings. The smallest absolute Gasteiger partial charge is 0.317 e. The summed E-state index contributed by atoms with van der Waals surface area (Å²) in [4.78, 5) is 13.3. The number of rotatable bonds is 7. The van der Waals surface area contributed by atoms with Gasteiger partial charge >= 0.3 is 5.97 Å².